The molecule has 7 heteroatoms. The number of carbonyl (C=O) groups excluding carboxylic acids is 1. The van der Waals surface area contributed by atoms with Gasteiger partial charge < -0.3 is 10.4 Å². The van der Waals surface area contributed by atoms with E-state index in [-0.39, 0.29) is 11.8 Å². The molecule has 2 unspecified atom stereocenters. The molecule has 0 spiro atoms. The second-order valence-electron chi connectivity index (χ2n) is 4.91. The minimum atomic E-state index is -1.05. The van der Waals surface area contributed by atoms with Crippen LogP contribution in [0, 0.1) is 5.92 Å². The van der Waals surface area contributed by atoms with Gasteiger partial charge in [0.2, 0.25) is 5.91 Å². The number of amides is 2. The highest BCUT2D eigenvalue weighted by molar-refractivity contribution is 9.11. The molecule has 5 nitrogen and oxygen atoms in total. The number of carbonyl (C=O) groups is 2. The molecule has 0 aliphatic carbocycles. The molecule has 20 heavy (non-hydrogen) atoms. The molecule has 2 amide bonds. The zero-order chi connectivity index (χ0) is 14.9. The third kappa shape index (κ3) is 3.32. The Morgan fingerprint density at radius 2 is 2.10 bits per heavy atom. The molecule has 0 aromatic heterocycles. The number of halogens is 2. The lowest BCUT2D eigenvalue weighted by molar-refractivity contribution is -0.119. The summed E-state index contributed by atoms with van der Waals surface area (Å²) in [5.74, 6) is -0.102. The molecule has 0 saturated carbocycles. The highest BCUT2D eigenvalue weighted by Crippen LogP contribution is 2.28. The molecule has 1 aliphatic rings. The minimum absolute atomic E-state index is 0.190. The molecule has 1 saturated heterocycles. The van der Waals surface area contributed by atoms with E-state index in [1.165, 1.54) is 4.90 Å². The standard InChI is InChI=1S/C13H14Br2N2O3/c1-7-4-11(17(6-7)13(19)20)12(18)16-10-3-2-8(14)5-9(10)15/h2-3,5,7,11H,4,6H2,1H3,(H,16,18)(H,19,20). The van der Waals surface area contributed by atoms with Gasteiger partial charge >= 0.3 is 6.09 Å². The van der Waals surface area contributed by atoms with Gasteiger partial charge in [0, 0.05) is 15.5 Å². The van der Waals surface area contributed by atoms with E-state index in [9.17, 15) is 9.59 Å². The first-order valence-electron chi connectivity index (χ1n) is 6.14. The topological polar surface area (TPSA) is 69.6 Å². The van der Waals surface area contributed by atoms with Crippen LogP contribution in [-0.4, -0.2) is 34.6 Å². The number of likely N-dealkylation sites (tertiary alicyclic amines) is 1. The number of anilines is 1. The molecule has 1 fully saturated rings. The van der Waals surface area contributed by atoms with Gasteiger partial charge in [-0.15, -0.1) is 0 Å². The van der Waals surface area contributed by atoms with Gasteiger partial charge in [0.25, 0.3) is 0 Å². The summed E-state index contributed by atoms with van der Waals surface area (Å²) in [6, 6.07) is 4.77. The van der Waals surface area contributed by atoms with Crippen molar-refractivity contribution in [2.75, 3.05) is 11.9 Å². The molecule has 108 valence electrons. The average molecular weight is 406 g/mol. The van der Waals surface area contributed by atoms with Crippen molar-refractivity contribution in [3.63, 3.8) is 0 Å². The number of rotatable bonds is 2. The van der Waals surface area contributed by atoms with Crippen LogP contribution in [0.25, 0.3) is 0 Å². The van der Waals surface area contributed by atoms with E-state index >= 15 is 0 Å². The lowest BCUT2D eigenvalue weighted by atomic mass is 10.1. The van der Waals surface area contributed by atoms with Crippen LogP contribution in [0.5, 0.6) is 0 Å². The van der Waals surface area contributed by atoms with Crippen LogP contribution in [0.2, 0.25) is 0 Å². The Kier molecular flexibility index (Phi) is 4.70. The summed E-state index contributed by atoms with van der Waals surface area (Å²) in [5, 5.41) is 11.9. The summed E-state index contributed by atoms with van der Waals surface area (Å²) in [7, 11) is 0. The van der Waals surface area contributed by atoms with Crippen molar-refractivity contribution in [2.24, 2.45) is 5.92 Å². The zero-order valence-corrected chi connectivity index (χ0v) is 13.9. The Labute approximate surface area is 133 Å². The maximum atomic E-state index is 12.3. The lowest BCUT2D eigenvalue weighted by Gasteiger charge is -2.21. The SMILES string of the molecule is CC1CC(C(=O)Nc2ccc(Br)cc2Br)N(C(=O)O)C1. The maximum Gasteiger partial charge on any atom is 0.407 e. The fourth-order valence-electron chi connectivity index (χ4n) is 2.31. The van der Waals surface area contributed by atoms with E-state index in [1.807, 2.05) is 19.1 Å². The first-order valence-corrected chi connectivity index (χ1v) is 7.72. The van der Waals surface area contributed by atoms with Crippen molar-refractivity contribution >= 4 is 49.5 Å². The second-order valence-corrected chi connectivity index (χ2v) is 6.68. The Morgan fingerprint density at radius 1 is 1.40 bits per heavy atom. The summed E-state index contributed by atoms with van der Waals surface area (Å²) in [4.78, 5) is 24.6. The van der Waals surface area contributed by atoms with Crippen molar-refractivity contribution in [1.29, 1.82) is 0 Å². The van der Waals surface area contributed by atoms with Gasteiger partial charge in [-0.1, -0.05) is 22.9 Å². The molecule has 1 heterocycles. The Hall–Kier alpha value is -1.08. The van der Waals surface area contributed by atoms with Gasteiger partial charge in [-0.05, 0) is 46.5 Å². The van der Waals surface area contributed by atoms with Crippen LogP contribution >= 0.6 is 31.9 Å². The molecule has 0 radical (unpaired) electrons. The van der Waals surface area contributed by atoms with E-state index in [4.69, 9.17) is 5.11 Å². The summed E-state index contributed by atoms with van der Waals surface area (Å²) in [5.41, 5.74) is 0.628. The highest BCUT2D eigenvalue weighted by Gasteiger charge is 2.37. The first-order chi connectivity index (χ1) is 9.38. The van der Waals surface area contributed by atoms with Gasteiger partial charge in [-0.3, -0.25) is 9.69 Å². The smallest absolute Gasteiger partial charge is 0.407 e. The summed E-state index contributed by atoms with van der Waals surface area (Å²) >= 11 is 6.70. The summed E-state index contributed by atoms with van der Waals surface area (Å²) in [6.07, 6.45) is -0.504. The maximum absolute atomic E-state index is 12.3. The number of benzene rings is 1. The molecular formula is C13H14Br2N2O3. The predicted octanol–water partition coefficient (Wildman–Crippen LogP) is 3.54. The van der Waals surface area contributed by atoms with Gasteiger partial charge in [0.05, 0.1) is 5.69 Å². The monoisotopic (exact) mass is 404 g/mol. The van der Waals surface area contributed by atoms with Gasteiger partial charge in [0.15, 0.2) is 0 Å². The van der Waals surface area contributed by atoms with Gasteiger partial charge in [-0.2, -0.15) is 0 Å². The third-order valence-corrected chi connectivity index (χ3v) is 4.40. The van der Waals surface area contributed by atoms with Crippen LogP contribution in [-0.2, 0) is 4.79 Å². The van der Waals surface area contributed by atoms with Crippen LogP contribution in [0.1, 0.15) is 13.3 Å². The summed E-state index contributed by atoms with van der Waals surface area (Å²) in [6.45, 7) is 2.34. The number of carboxylic acid groups (broad SMARTS) is 1. The van der Waals surface area contributed by atoms with Gasteiger partial charge in [-0.25, -0.2) is 4.79 Å². The number of hydrogen-bond donors (Lipinski definition) is 2. The van der Waals surface area contributed by atoms with Crippen molar-refractivity contribution in [3.8, 4) is 0 Å². The molecule has 2 atom stereocenters. The normalized spacial score (nSPS) is 21.9. The fraction of sp³-hybridized carbons (Fsp3) is 0.385. The Morgan fingerprint density at radius 3 is 2.70 bits per heavy atom. The Balaban J connectivity index is 2.13. The lowest BCUT2D eigenvalue weighted by Crippen LogP contribution is -2.42. The fourth-order valence-corrected chi connectivity index (χ4v) is 3.46. The largest absolute Gasteiger partial charge is 0.465 e. The van der Waals surface area contributed by atoms with E-state index < -0.39 is 12.1 Å². The Bertz CT molecular complexity index is 550. The average Bonchev–Trinajstić information content (AvgIpc) is 2.75. The zero-order valence-electron chi connectivity index (χ0n) is 10.8. The molecule has 1 aromatic rings. The van der Waals surface area contributed by atoms with E-state index in [2.05, 4.69) is 37.2 Å². The van der Waals surface area contributed by atoms with Gasteiger partial charge in [0.1, 0.15) is 6.04 Å². The van der Waals surface area contributed by atoms with Crippen molar-refractivity contribution in [1.82, 2.24) is 4.90 Å². The van der Waals surface area contributed by atoms with Crippen molar-refractivity contribution in [3.05, 3.63) is 27.1 Å². The van der Waals surface area contributed by atoms with Crippen LogP contribution in [0.3, 0.4) is 0 Å². The van der Waals surface area contributed by atoms with Crippen molar-refractivity contribution in [2.45, 2.75) is 19.4 Å². The number of nitrogens with zero attached hydrogens (tertiary/aromatic N) is 1. The van der Waals surface area contributed by atoms with E-state index in [0.717, 1.165) is 8.95 Å². The molecule has 2 rings (SSSR count). The van der Waals surface area contributed by atoms with E-state index in [1.54, 1.807) is 6.07 Å². The number of hydrogen-bond acceptors (Lipinski definition) is 2. The van der Waals surface area contributed by atoms with Crippen LogP contribution in [0.4, 0.5) is 10.5 Å². The molecule has 0 bridgehead atoms. The quantitative estimate of drug-likeness (QED) is 0.790. The first kappa shape index (κ1) is 15.3. The molecule has 1 aliphatic heterocycles. The third-order valence-electron chi connectivity index (χ3n) is 3.25. The minimum Gasteiger partial charge on any atom is -0.465 e. The summed E-state index contributed by atoms with van der Waals surface area (Å²) < 4.78 is 1.64. The molecule has 1 aromatic carbocycles. The predicted molar refractivity (Wildman–Crippen MR) is 82.8 cm³/mol. The van der Waals surface area contributed by atoms with E-state index in [0.29, 0.717) is 18.7 Å². The van der Waals surface area contributed by atoms with Crippen LogP contribution < -0.4 is 5.32 Å². The highest BCUT2D eigenvalue weighted by atomic mass is 79.9. The molecular weight excluding hydrogens is 392 g/mol. The molecule has 2 N–H and O–H groups in total. The van der Waals surface area contributed by atoms with Crippen molar-refractivity contribution < 1.29 is 14.7 Å². The van der Waals surface area contributed by atoms with Crippen LogP contribution in [0.15, 0.2) is 27.1 Å². The number of nitrogens with one attached hydrogen (secondary N) is 1. The second kappa shape index (κ2) is 6.13.